The number of pyridine rings is 1. The van der Waals surface area contributed by atoms with Gasteiger partial charge in [-0.05, 0) is 91.2 Å². The number of hydrogen-bond donors (Lipinski definition) is 1. The topological polar surface area (TPSA) is 129 Å². The van der Waals surface area contributed by atoms with Gasteiger partial charge in [0.1, 0.15) is 12.0 Å². The van der Waals surface area contributed by atoms with Crippen molar-refractivity contribution in [1.29, 1.82) is 0 Å². The van der Waals surface area contributed by atoms with E-state index >= 15 is 0 Å². The number of amides is 1. The monoisotopic (exact) mass is 661 g/mol. The maximum atomic E-state index is 14.9. The Morgan fingerprint density at radius 2 is 1.67 bits per heavy atom. The van der Waals surface area contributed by atoms with Gasteiger partial charge < -0.3 is 10.5 Å². The van der Waals surface area contributed by atoms with Crippen LogP contribution in [0.3, 0.4) is 0 Å². The molecule has 0 aromatic carbocycles. The molecule has 256 valence electrons. The van der Waals surface area contributed by atoms with Crippen LogP contribution < -0.4 is 5.73 Å². The van der Waals surface area contributed by atoms with Crippen molar-refractivity contribution < 1.29 is 19.2 Å². The van der Waals surface area contributed by atoms with Gasteiger partial charge in [0.25, 0.3) is 0 Å². The number of rotatable bonds is 3. The lowest BCUT2D eigenvalue weighted by Gasteiger charge is -2.69. The van der Waals surface area contributed by atoms with Crippen molar-refractivity contribution in [3.63, 3.8) is 0 Å². The van der Waals surface area contributed by atoms with Crippen LogP contribution in [0.15, 0.2) is 54.3 Å². The number of carbonyl (C=O) groups excluding carboxylic acids is 4. The van der Waals surface area contributed by atoms with Crippen LogP contribution in [0.25, 0.3) is 16.2 Å². The molecule has 7 rings (SSSR count). The van der Waals surface area contributed by atoms with E-state index in [9.17, 15) is 19.2 Å². The second-order valence-electron chi connectivity index (χ2n) is 17.7. The minimum absolute atomic E-state index is 0.0138. The zero-order valence-electron chi connectivity index (χ0n) is 29.7. The first-order chi connectivity index (χ1) is 22.8. The first kappa shape index (κ1) is 33.3. The predicted molar refractivity (Wildman–Crippen MR) is 184 cm³/mol. The molecule has 5 aliphatic rings. The minimum Gasteiger partial charge on any atom is -0.366 e. The molecule has 2 aromatic rings. The van der Waals surface area contributed by atoms with Gasteiger partial charge in [-0.1, -0.05) is 60.1 Å². The molecule has 2 aromatic heterocycles. The predicted octanol–water partition coefficient (Wildman–Crippen LogP) is 7.26. The Bertz CT molecular complexity index is 1930. The summed E-state index contributed by atoms with van der Waals surface area (Å²) >= 11 is 0. The van der Waals surface area contributed by atoms with Crippen molar-refractivity contribution in [3.8, 4) is 11.4 Å². The molecule has 2 unspecified atom stereocenters. The maximum absolute atomic E-state index is 14.9. The van der Waals surface area contributed by atoms with E-state index in [1.54, 1.807) is 29.2 Å². The average molecular weight is 662 g/mol. The molecule has 0 aliphatic heterocycles. The van der Waals surface area contributed by atoms with E-state index in [4.69, 9.17) is 12.3 Å². The fourth-order valence-electron chi connectivity index (χ4n) is 11.5. The molecular formula is C40H47N5O4. The molecule has 9 nitrogen and oxygen atoms in total. The summed E-state index contributed by atoms with van der Waals surface area (Å²) in [6.07, 6.45) is 13.9. The van der Waals surface area contributed by atoms with Crippen molar-refractivity contribution in [1.82, 2.24) is 14.5 Å². The molecule has 7 atom stereocenters. The first-order valence-corrected chi connectivity index (χ1v) is 17.6. The largest absolute Gasteiger partial charge is 0.366 e. The average Bonchev–Trinajstić information content (AvgIpc) is 3.54. The van der Waals surface area contributed by atoms with Gasteiger partial charge >= 0.3 is 0 Å². The van der Waals surface area contributed by atoms with Crippen LogP contribution in [-0.4, -0.2) is 37.9 Å². The summed E-state index contributed by atoms with van der Waals surface area (Å²) in [4.78, 5) is 67.2. The maximum Gasteiger partial charge on any atom is 0.250 e. The molecule has 0 spiro atoms. The fraction of sp³-hybridized carbons (Fsp3) is 0.575. The zero-order chi connectivity index (χ0) is 35.5. The minimum atomic E-state index is -0.726. The molecule has 49 heavy (non-hydrogen) atoms. The Kier molecular flexibility index (Phi) is 7.08. The van der Waals surface area contributed by atoms with Gasteiger partial charge in [-0.25, -0.2) is 9.83 Å². The van der Waals surface area contributed by atoms with Crippen LogP contribution in [-0.2, 0) is 9.59 Å². The van der Waals surface area contributed by atoms with Gasteiger partial charge in [0.2, 0.25) is 17.5 Å². The summed E-state index contributed by atoms with van der Waals surface area (Å²) in [6, 6.07) is 3.27. The van der Waals surface area contributed by atoms with E-state index in [-0.39, 0.29) is 51.8 Å². The molecule has 5 aliphatic carbocycles. The molecule has 0 saturated heterocycles. The van der Waals surface area contributed by atoms with Crippen molar-refractivity contribution >= 4 is 23.4 Å². The zero-order valence-corrected chi connectivity index (χ0v) is 29.7. The summed E-state index contributed by atoms with van der Waals surface area (Å²) in [7, 11) is 0. The van der Waals surface area contributed by atoms with Gasteiger partial charge in [-0.15, -0.1) is 0 Å². The van der Waals surface area contributed by atoms with Crippen LogP contribution >= 0.6 is 0 Å². The molecule has 2 heterocycles. The quantitative estimate of drug-likeness (QED) is 0.345. The lowest BCUT2D eigenvalue weighted by Crippen LogP contribution is -2.66. The fourth-order valence-corrected chi connectivity index (χ4v) is 11.5. The van der Waals surface area contributed by atoms with E-state index in [1.807, 2.05) is 26.0 Å². The smallest absolute Gasteiger partial charge is 0.250 e. The number of allylic oxidation sites excluding steroid dienone is 4. The number of ketones is 2. The molecule has 0 bridgehead atoms. The third-order valence-corrected chi connectivity index (χ3v) is 14.4. The number of primary amides is 1. The molecule has 1 amide bonds. The molecule has 0 radical (unpaired) electrons. The number of imidazole rings is 1. The van der Waals surface area contributed by atoms with E-state index in [2.05, 4.69) is 49.4 Å². The highest BCUT2D eigenvalue weighted by molar-refractivity contribution is 6.03. The number of nitrogens with two attached hydrogens (primary N) is 1. The number of fused-ring (bicyclic) bond motifs is 7. The third kappa shape index (κ3) is 4.41. The SMILES string of the molecule is [C-]#[N+]C1=C[C@]2(C)C3=CC(=O)[C@@H]4C5CC(C)(C)CC[C@]5(C(=O)n5cnc(-c6ccc(C(N)=O)cn6)c5)CC[C@@]4(C)[C@]3(C)CCC2C(C)(C)C1=O. The van der Waals surface area contributed by atoms with Crippen molar-refractivity contribution in [2.24, 2.45) is 56.0 Å². The number of Topliss-reactive ketones (excluding diaryl/α,β-unsaturated/α-hetero) is 1. The van der Waals surface area contributed by atoms with Gasteiger partial charge in [0, 0.05) is 29.1 Å². The standard InChI is InChI=1S/C40H47N5O4/c1-35(2)13-15-40(34(49)45-21-27(44-22-45)25-10-9-23(20-43-25)33(41)48)16-14-39(7)31(24(40)18-35)28(46)17-30-37(5)19-26(42-8)32(47)36(3,4)29(37)11-12-38(30,39)6/h9-10,17,19-22,24,29,31H,11-16,18H2,1-7H3,(H2,41,48)/t24?,29?,31-,37-,38+,39+,40-/m0/s1. The Morgan fingerprint density at radius 3 is 2.33 bits per heavy atom. The van der Waals surface area contributed by atoms with Gasteiger partial charge in [0.15, 0.2) is 11.6 Å². The van der Waals surface area contributed by atoms with Gasteiger partial charge in [-0.2, -0.15) is 0 Å². The first-order valence-electron chi connectivity index (χ1n) is 17.6. The van der Waals surface area contributed by atoms with Crippen LogP contribution in [0.1, 0.15) is 109 Å². The van der Waals surface area contributed by atoms with E-state index in [0.717, 1.165) is 37.7 Å². The van der Waals surface area contributed by atoms with Crippen LogP contribution in [0.5, 0.6) is 0 Å². The van der Waals surface area contributed by atoms with Crippen LogP contribution in [0.2, 0.25) is 0 Å². The van der Waals surface area contributed by atoms with Gasteiger partial charge in [0.05, 0.1) is 23.2 Å². The van der Waals surface area contributed by atoms with E-state index in [1.165, 1.54) is 6.20 Å². The van der Waals surface area contributed by atoms with E-state index < -0.39 is 27.6 Å². The van der Waals surface area contributed by atoms with Crippen LogP contribution in [0.4, 0.5) is 0 Å². The van der Waals surface area contributed by atoms with Crippen molar-refractivity contribution in [2.75, 3.05) is 0 Å². The molecule has 2 N–H and O–H groups in total. The molecule has 3 saturated carbocycles. The second-order valence-corrected chi connectivity index (χ2v) is 17.7. The van der Waals surface area contributed by atoms with Gasteiger partial charge in [-0.3, -0.25) is 23.9 Å². The summed E-state index contributed by atoms with van der Waals surface area (Å²) in [5.41, 5.74) is 5.15. The number of nitrogens with zero attached hydrogens (tertiary/aromatic N) is 4. The highest BCUT2D eigenvalue weighted by Crippen LogP contribution is 2.74. The highest BCUT2D eigenvalue weighted by Gasteiger charge is 2.70. The lowest BCUT2D eigenvalue weighted by molar-refractivity contribution is -0.164. The molecule has 3 fully saturated rings. The number of carbonyl (C=O) groups is 4. The summed E-state index contributed by atoms with van der Waals surface area (Å²) < 4.78 is 1.59. The number of aromatic nitrogens is 3. The Balaban J connectivity index is 1.31. The number of hydrogen-bond acceptors (Lipinski definition) is 6. The van der Waals surface area contributed by atoms with Crippen molar-refractivity contribution in [3.05, 3.63) is 71.3 Å². The summed E-state index contributed by atoms with van der Waals surface area (Å²) in [6.45, 7) is 23.0. The summed E-state index contributed by atoms with van der Waals surface area (Å²) in [5.74, 6) is -1.13. The Labute approximate surface area is 288 Å². The highest BCUT2D eigenvalue weighted by atomic mass is 16.2. The normalized spacial score (nSPS) is 37.3. The molecule has 9 heteroatoms. The van der Waals surface area contributed by atoms with Crippen molar-refractivity contribution in [2.45, 2.75) is 93.4 Å². The lowest BCUT2D eigenvalue weighted by atomic mass is 9.34. The Morgan fingerprint density at radius 1 is 0.959 bits per heavy atom. The van der Waals surface area contributed by atoms with E-state index in [0.29, 0.717) is 29.8 Å². The summed E-state index contributed by atoms with van der Waals surface area (Å²) in [5, 5.41) is 0. The second kappa shape index (κ2) is 10.4. The van der Waals surface area contributed by atoms with Crippen LogP contribution in [0, 0.1) is 56.8 Å². The Hall–Kier alpha value is -4.19. The molecular weight excluding hydrogens is 614 g/mol. The third-order valence-electron chi connectivity index (χ3n) is 14.4.